The van der Waals surface area contributed by atoms with Gasteiger partial charge in [0.05, 0.1) is 23.0 Å². The number of hydrazone groups is 1. The monoisotopic (exact) mass is 444 g/mol. The Kier molecular flexibility index (Phi) is 7.19. The van der Waals surface area contributed by atoms with Gasteiger partial charge in [-0.1, -0.05) is 54.2 Å². The van der Waals surface area contributed by atoms with Crippen molar-refractivity contribution in [2.75, 3.05) is 5.75 Å². The predicted molar refractivity (Wildman–Crippen MR) is 129 cm³/mol. The molecule has 0 aliphatic heterocycles. The molecule has 0 fully saturated rings. The number of aryl methyl sites for hydroxylation is 1. The van der Waals surface area contributed by atoms with Crippen molar-refractivity contribution in [1.29, 1.82) is 0 Å². The average Bonchev–Trinajstić information content (AvgIpc) is 3.20. The highest BCUT2D eigenvalue weighted by atomic mass is 32.2. The molecule has 0 saturated carbocycles. The number of nitrogens with one attached hydrogen (secondary N) is 1. The molecule has 0 saturated heterocycles. The van der Waals surface area contributed by atoms with Crippen LogP contribution in [0.1, 0.15) is 18.1 Å². The molecule has 1 N–H and O–H groups in total. The molecule has 162 valence electrons. The first kappa shape index (κ1) is 21.6. The van der Waals surface area contributed by atoms with E-state index in [0.717, 1.165) is 39.6 Å². The Morgan fingerprint density at radius 1 is 1.06 bits per heavy atom. The van der Waals surface area contributed by atoms with E-state index >= 15 is 0 Å². The Hall–Kier alpha value is -3.58. The lowest BCUT2D eigenvalue weighted by atomic mass is 10.2. The summed E-state index contributed by atoms with van der Waals surface area (Å²) in [6, 6.07) is 25.6. The Morgan fingerprint density at radius 2 is 1.81 bits per heavy atom. The largest absolute Gasteiger partial charge is 0.489 e. The van der Waals surface area contributed by atoms with Crippen LogP contribution in [0.2, 0.25) is 0 Å². The molecule has 6 nitrogen and oxygen atoms in total. The molecule has 32 heavy (non-hydrogen) atoms. The van der Waals surface area contributed by atoms with Crippen molar-refractivity contribution in [2.24, 2.45) is 5.10 Å². The molecule has 4 aromatic rings. The minimum absolute atomic E-state index is 0.177. The van der Waals surface area contributed by atoms with E-state index < -0.39 is 0 Å². The van der Waals surface area contributed by atoms with Gasteiger partial charge in [-0.15, -0.1) is 0 Å². The highest BCUT2D eigenvalue weighted by molar-refractivity contribution is 7.99. The highest BCUT2D eigenvalue weighted by Gasteiger charge is 2.11. The molecule has 0 bridgehead atoms. The zero-order valence-corrected chi connectivity index (χ0v) is 18.6. The zero-order valence-electron chi connectivity index (χ0n) is 17.8. The third kappa shape index (κ3) is 5.56. The average molecular weight is 445 g/mol. The maximum Gasteiger partial charge on any atom is 0.250 e. The normalized spacial score (nSPS) is 11.2. The number of hydrogen-bond donors (Lipinski definition) is 1. The molecule has 0 aliphatic rings. The first-order valence-electron chi connectivity index (χ1n) is 10.4. The number of hydrogen-bond acceptors (Lipinski definition) is 5. The standard InChI is InChI=1S/C25H24N4O2S/c1-2-29-23-11-7-6-10-22(23)27-25(29)32-18-24(30)28-26-16-19-12-14-21(15-13-19)31-17-20-8-4-3-5-9-20/h3-16H,2,17-18H2,1H3,(H,28,30)/b26-16+. The molecule has 0 radical (unpaired) electrons. The first-order valence-corrected chi connectivity index (χ1v) is 11.4. The lowest BCUT2D eigenvalue weighted by molar-refractivity contribution is -0.118. The summed E-state index contributed by atoms with van der Waals surface area (Å²) in [4.78, 5) is 16.8. The number of para-hydroxylation sites is 2. The fraction of sp³-hybridized carbons (Fsp3) is 0.160. The number of carbonyl (C=O) groups excluding carboxylic acids is 1. The van der Waals surface area contributed by atoms with Crippen molar-refractivity contribution in [2.45, 2.75) is 25.2 Å². The highest BCUT2D eigenvalue weighted by Crippen LogP contribution is 2.23. The van der Waals surface area contributed by atoms with Crippen molar-refractivity contribution in [1.82, 2.24) is 15.0 Å². The third-order valence-electron chi connectivity index (χ3n) is 4.80. The quantitative estimate of drug-likeness (QED) is 0.227. The molecule has 1 aromatic heterocycles. The van der Waals surface area contributed by atoms with Crippen LogP contribution in [-0.4, -0.2) is 27.4 Å². The van der Waals surface area contributed by atoms with E-state index in [4.69, 9.17) is 4.74 Å². The van der Waals surface area contributed by atoms with Gasteiger partial charge >= 0.3 is 0 Å². The summed E-state index contributed by atoms with van der Waals surface area (Å²) >= 11 is 1.41. The van der Waals surface area contributed by atoms with Crippen molar-refractivity contribution >= 4 is 34.9 Å². The van der Waals surface area contributed by atoms with Crippen LogP contribution in [0.25, 0.3) is 11.0 Å². The number of aromatic nitrogens is 2. The van der Waals surface area contributed by atoms with E-state index in [1.807, 2.05) is 78.9 Å². The van der Waals surface area contributed by atoms with Gasteiger partial charge in [-0.2, -0.15) is 5.10 Å². The summed E-state index contributed by atoms with van der Waals surface area (Å²) in [6.45, 7) is 3.39. The molecule has 3 aromatic carbocycles. The van der Waals surface area contributed by atoms with Crippen LogP contribution in [-0.2, 0) is 17.9 Å². The van der Waals surface area contributed by atoms with E-state index in [2.05, 4.69) is 27.0 Å². The van der Waals surface area contributed by atoms with Gasteiger partial charge in [0.1, 0.15) is 12.4 Å². The van der Waals surface area contributed by atoms with E-state index in [1.54, 1.807) is 6.21 Å². The van der Waals surface area contributed by atoms with Crippen molar-refractivity contribution in [3.05, 3.63) is 90.0 Å². The zero-order chi connectivity index (χ0) is 22.2. The van der Waals surface area contributed by atoms with Crippen molar-refractivity contribution in [3.63, 3.8) is 0 Å². The summed E-state index contributed by atoms with van der Waals surface area (Å²) in [5.41, 5.74) is 6.58. The number of imidazole rings is 1. The van der Waals surface area contributed by atoms with Crippen LogP contribution in [0.5, 0.6) is 5.75 Å². The van der Waals surface area contributed by atoms with Gasteiger partial charge in [0.2, 0.25) is 0 Å². The predicted octanol–water partition coefficient (Wildman–Crippen LogP) is 4.88. The van der Waals surface area contributed by atoms with Gasteiger partial charge in [0.25, 0.3) is 5.91 Å². The molecule has 0 unspecified atom stereocenters. The molecule has 1 amide bonds. The number of thioether (sulfide) groups is 1. The Labute approximate surface area is 191 Å². The number of rotatable bonds is 9. The van der Waals surface area contributed by atoms with Crippen LogP contribution in [0, 0.1) is 0 Å². The number of benzene rings is 3. The van der Waals surface area contributed by atoms with Crippen LogP contribution < -0.4 is 10.2 Å². The van der Waals surface area contributed by atoms with Crippen LogP contribution >= 0.6 is 11.8 Å². The summed E-state index contributed by atoms with van der Waals surface area (Å²) in [6.07, 6.45) is 1.62. The SMILES string of the molecule is CCn1c(SCC(=O)N/N=C/c2ccc(OCc3ccccc3)cc2)nc2ccccc21. The second-order valence-electron chi connectivity index (χ2n) is 7.05. The third-order valence-corrected chi connectivity index (χ3v) is 5.78. The minimum Gasteiger partial charge on any atom is -0.489 e. The van der Waals surface area contributed by atoms with Gasteiger partial charge in [-0.05, 0) is 54.4 Å². The smallest absolute Gasteiger partial charge is 0.250 e. The van der Waals surface area contributed by atoms with E-state index in [0.29, 0.717) is 6.61 Å². The number of nitrogens with zero attached hydrogens (tertiary/aromatic N) is 3. The van der Waals surface area contributed by atoms with E-state index in [-0.39, 0.29) is 11.7 Å². The fourth-order valence-electron chi connectivity index (χ4n) is 3.20. The topological polar surface area (TPSA) is 68.5 Å². The van der Waals surface area contributed by atoms with Gasteiger partial charge in [-0.25, -0.2) is 10.4 Å². The Bertz CT molecular complexity index is 1200. The van der Waals surface area contributed by atoms with Gasteiger partial charge in [-0.3, -0.25) is 4.79 Å². The molecular weight excluding hydrogens is 420 g/mol. The number of carbonyl (C=O) groups is 1. The Morgan fingerprint density at radius 3 is 2.59 bits per heavy atom. The van der Waals surface area contributed by atoms with Crippen molar-refractivity contribution in [3.8, 4) is 5.75 Å². The number of amides is 1. The second-order valence-corrected chi connectivity index (χ2v) is 8.00. The van der Waals surface area contributed by atoms with Gasteiger partial charge < -0.3 is 9.30 Å². The van der Waals surface area contributed by atoms with Crippen molar-refractivity contribution < 1.29 is 9.53 Å². The summed E-state index contributed by atoms with van der Waals surface area (Å²) in [7, 11) is 0. The van der Waals surface area contributed by atoms with E-state index in [1.165, 1.54) is 11.8 Å². The lowest BCUT2D eigenvalue weighted by Crippen LogP contribution is -2.20. The molecule has 7 heteroatoms. The van der Waals surface area contributed by atoms with Gasteiger partial charge in [0, 0.05) is 6.54 Å². The maximum absolute atomic E-state index is 12.2. The van der Waals surface area contributed by atoms with Gasteiger partial charge in [0.15, 0.2) is 5.16 Å². The summed E-state index contributed by atoms with van der Waals surface area (Å²) in [5, 5.41) is 4.89. The Balaban J connectivity index is 1.25. The molecule has 0 spiro atoms. The van der Waals surface area contributed by atoms with Crippen LogP contribution in [0.15, 0.2) is 89.1 Å². The minimum atomic E-state index is -0.177. The van der Waals surface area contributed by atoms with Crippen LogP contribution in [0.4, 0.5) is 0 Å². The number of ether oxygens (including phenoxy) is 1. The van der Waals surface area contributed by atoms with E-state index in [9.17, 15) is 4.79 Å². The second kappa shape index (κ2) is 10.6. The van der Waals surface area contributed by atoms with Crippen LogP contribution in [0.3, 0.4) is 0 Å². The molecule has 0 aliphatic carbocycles. The summed E-state index contributed by atoms with van der Waals surface area (Å²) < 4.78 is 7.89. The lowest BCUT2D eigenvalue weighted by Gasteiger charge is -2.06. The number of fused-ring (bicyclic) bond motifs is 1. The molecule has 1 heterocycles. The fourth-order valence-corrected chi connectivity index (χ4v) is 4.07. The molecular formula is C25H24N4O2S. The summed E-state index contributed by atoms with van der Waals surface area (Å²) in [5.74, 6) is 0.849. The molecule has 4 rings (SSSR count). The molecule has 0 atom stereocenters. The first-order chi connectivity index (χ1) is 15.7. The maximum atomic E-state index is 12.2.